The molecule has 0 radical (unpaired) electrons. The molecule has 0 amide bonds. The lowest BCUT2D eigenvalue weighted by Crippen LogP contribution is -1.91. The Labute approximate surface area is 140 Å². The van der Waals surface area contributed by atoms with Gasteiger partial charge in [-0.05, 0) is 48.9 Å². The monoisotopic (exact) mass is 320 g/mol. The zero-order chi connectivity index (χ0) is 16.9. The molecule has 0 aliphatic heterocycles. The molecule has 0 saturated carbocycles. The van der Waals surface area contributed by atoms with Crippen LogP contribution < -0.4 is 0 Å². The highest BCUT2D eigenvalue weighted by Crippen LogP contribution is 2.21. The fraction of sp³-hybridized carbons (Fsp3) is 0.200. The summed E-state index contributed by atoms with van der Waals surface area (Å²) in [5.74, 6) is 7.17. The Hall–Kier alpha value is -2.93. The van der Waals surface area contributed by atoms with Gasteiger partial charge in [-0.3, -0.25) is 0 Å². The molecule has 120 valence electrons. The van der Waals surface area contributed by atoms with E-state index in [9.17, 15) is 4.39 Å². The van der Waals surface area contributed by atoms with E-state index < -0.39 is 0 Å². The Morgan fingerprint density at radius 3 is 2.54 bits per heavy atom. The van der Waals surface area contributed by atoms with Crippen LogP contribution in [0.2, 0.25) is 0 Å². The Morgan fingerprint density at radius 2 is 1.83 bits per heavy atom. The highest BCUT2D eigenvalue weighted by atomic mass is 19.1. The lowest BCUT2D eigenvalue weighted by atomic mass is 10.1. The maximum absolute atomic E-state index is 13.1. The maximum Gasteiger partial charge on any atom is 0.229 e. The van der Waals surface area contributed by atoms with E-state index in [4.69, 9.17) is 4.52 Å². The first-order valence-electron chi connectivity index (χ1n) is 7.87. The van der Waals surface area contributed by atoms with Crippen LogP contribution in [0.1, 0.15) is 43.2 Å². The topological polar surface area (TPSA) is 38.9 Å². The number of aromatic nitrogens is 2. The number of halogens is 1. The number of nitrogens with zero attached hydrogens (tertiary/aromatic N) is 2. The van der Waals surface area contributed by atoms with Crippen molar-refractivity contribution >= 4 is 0 Å². The van der Waals surface area contributed by atoms with Crippen molar-refractivity contribution in [3.63, 3.8) is 0 Å². The van der Waals surface area contributed by atoms with Gasteiger partial charge in [-0.15, -0.1) is 0 Å². The van der Waals surface area contributed by atoms with Crippen LogP contribution in [0.15, 0.2) is 53.1 Å². The van der Waals surface area contributed by atoms with Gasteiger partial charge in [0.05, 0.1) is 0 Å². The molecule has 4 heteroatoms. The van der Waals surface area contributed by atoms with Gasteiger partial charge in [-0.25, -0.2) is 4.39 Å². The van der Waals surface area contributed by atoms with Gasteiger partial charge in [0.2, 0.25) is 11.7 Å². The van der Waals surface area contributed by atoms with E-state index in [0.29, 0.717) is 17.3 Å². The van der Waals surface area contributed by atoms with E-state index in [2.05, 4.69) is 35.8 Å². The predicted molar refractivity (Wildman–Crippen MR) is 90.8 cm³/mol. The summed E-state index contributed by atoms with van der Waals surface area (Å²) in [4.78, 5) is 4.43. The molecule has 1 atom stereocenters. The van der Waals surface area contributed by atoms with Crippen molar-refractivity contribution in [1.29, 1.82) is 0 Å². The van der Waals surface area contributed by atoms with E-state index in [1.165, 1.54) is 12.1 Å². The lowest BCUT2D eigenvalue weighted by molar-refractivity contribution is 0.357. The minimum absolute atomic E-state index is 0.252. The zero-order valence-electron chi connectivity index (χ0n) is 13.6. The second-order valence-corrected chi connectivity index (χ2v) is 5.60. The summed E-state index contributed by atoms with van der Waals surface area (Å²) in [5.41, 5.74) is 2.37. The van der Waals surface area contributed by atoms with Crippen molar-refractivity contribution in [2.24, 2.45) is 0 Å². The van der Waals surface area contributed by atoms with Crippen LogP contribution in [0.4, 0.5) is 4.39 Å². The fourth-order valence-corrected chi connectivity index (χ4v) is 2.14. The van der Waals surface area contributed by atoms with Gasteiger partial charge < -0.3 is 4.52 Å². The fourth-order valence-electron chi connectivity index (χ4n) is 2.14. The van der Waals surface area contributed by atoms with Crippen molar-refractivity contribution in [3.8, 4) is 23.2 Å². The molecule has 0 unspecified atom stereocenters. The molecule has 1 heterocycles. The quantitative estimate of drug-likeness (QED) is 0.651. The average molecular weight is 320 g/mol. The van der Waals surface area contributed by atoms with Crippen LogP contribution in [-0.2, 0) is 0 Å². The van der Waals surface area contributed by atoms with Gasteiger partial charge in [-0.1, -0.05) is 36.9 Å². The first-order chi connectivity index (χ1) is 11.7. The number of rotatable bonds is 3. The van der Waals surface area contributed by atoms with Crippen LogP contribution in [0.25, 0.3) is 11.4 Å². The van der Waals surface area contributed by atoms with E-state index >= 15 is 0 Å². The third-order valence-corrected chi connectivity index (χ3v) is 3.79. The Kier molecular flexibility index (Phi) is 4.72. The largest absolute Gasteiger partial charge is 0.339 e. The zero-order valence-corrected chi connectivity index (χ0v) is 13.6. The van der Waals surface area contributed by atoms with Crippen molar-refractivity contribution in [2.75, 3.05) is 0 Å². The van der Waals surface area contributed by atoms with Crippen LogP contribution in [0, 0.1) is 17.7 Å². The summed E-state index contributed by atoms with van der Waals surface area (Å²) in [6.07, 6.45) is 0.955. The van der Waals surface area contributed by atoms with Crippen molar-refractivity contribution < 1.29 is 8.91 Å². The molecule has 0 bridgehead atoms. The van der Waals surface area contributed by atoms with Crippen LogP contribution in [0.5, 0.6) is 0 Å². The van der Waals surface area contributed by atoms with Crippen molar-refractivity contribution in [3.05, 3.63) is 71.4 Å². The summed E-state index contributed by atoms with van der Waals surface area (Å²) in [7, 11) is 0. The molecule has 0 aliphatic rings. The average Bonchev–Trinajstić information content (AvgIpc) is 3.10. The second-order valence-electron chi connectivity index (χ2n) is 5.60. The Balaban J connectivity index is 1.78. The van der Waals surface area contributed by atoms with Crippen LogP contribution in [0.3, 0.4) is 0 Å². The van der Waals surface area contributed by atoms with Crippen molar-refractivity contribution in [1.82, 2.24) is 10.1 Å². The molecule has 3 rings (SSSR count). The smallest absolute Gasteiger partial charge is 0.229 e. The Bertz CT molecular complexity index is 888. The molecule has 3 aromatic rings. The molecule has 0 spiro atoms. The van der Waals surface area contributed by atoms with Gasteiger partial charge in [-0.2, -0.15) is 4.98 Å². The normalized spacial score (nSPS) is 11.6. The molecule has 0 aliphatic carbocycles. The third kappa shape index (κ3) is 3.69. The summed E-state index contributed by atoms with van der Waals surface area (Å²) in [5, 5.41) is 4.02. The van der Waals surface area contributed by atoms with E-state index in [0.717, 1.165) is 17.5 Å². The second kappa shape index (κ2) is 7.10. The van der Waals surface area contributed by atoms with E-state index in [-0.39, 0.29) is 11.7 Å². The van der Waals surface area contributed by atoms with Crippen LogP contribution in [-0.4, -0.2) is 10.1 Å². The summed E-state index contributed by atoms with van der Waals surface area (Å²) in [6, 6.07) is 13.8. The van der Waals surface area contributed by atoms with E-state index in [1.54, 1.807) is 12.1 Å². The first-order valence-corrected chi connectivity index (χ1v) is 7.87. The number of hydrogen-bond acceptors (Lipinski definition) is 3. The minimum Gasteiger partial charge on any atom is -0.339 e. The number of benzene rings is 2. The first kappa shape index (κ1) is 15.9. The maximum atomic E-state index is 13.1. The van der Waals surface area contributed by atoms with Gasteiger partial charge in [0.1, 0.15) is 5.82 Å². The molecule has 0 N–H and O–H groups in total. The van der Waals surface area contributed by atoms with Gasteiger partial charge in [0.25, 0.3) is 0 Å². The van der Waals surface area contributed by atoms with Gasteiger partial charge in [0.15, 0.2) is 0 Å². The standard InChI is InChI=1S/C20H17FN2O/c1-3-14(2)20-22-19(23-24-20)17-11-9-15(10-12-17)7-8-16-5-4-6-18(21)13-16/h4-6,9-14H,3H2,1-2H3/t14-/m0/s1. The van der Waals surface area contributed by atoms with E-state index in [1.807, 2.05) is 24.3 Å². The molecule has 24 heavy (non-hydrogen) atoms. The highest BCUT2D eigenvalue weighted by molar-refractivity contribution is 5.56. The molecular weight excluding hydrogens is 303 g/mol. The SMILES string of the molecule is CC[C@H](C)c1nc(-c2ccc(C#Cc3cccc(F)c3)cc2)no1. The van der Waals surface area contributed by atoms with Crippen LogP contribution >= 0.6 is 0 Å². The van der Waals surface area contributed by atoms with Gasteiger partial charge in [0, 0.05) is 22.6 Å². The predicted octanol–water partition coefficient (Wildman–Crippen LogP) is 4.79. The summed E-state index contributed by atoms with van der Waals surface area (Å²) < 4.78 is 18.4. The van der Waals surface area contributed by atoms with Gasteiger partial charge >= 0.3 is 0 Å². The summed E-state index contributed by atoms with van der Waals surface area (Å²) >= 11 is 0. The molecule has 1 aromatic heterocycles. The summed E-state index contributed by atoms with van der Waals surface area (Å²) in [6.45, 7) is 4.14. The highest BCUT2D eigenvalue weighted by Gasteiger charge is 2.13. The molecule has 2 aromatic carbocycles. The lowest BCUT2D eigenvalue weighted by Gasteiger charge is -1.98. The molecule has 0 saturated heterocycles. The molecule has 3 nitrogen and oxygen atoms in total. The minimum atomic E-state index is -0.286. The number of hydrogen-bond donors (Lipinski definition) is 0. The molecule has 0 fully saturated rings. The Morgan fingerprint density at radius 1 is 1.08 bits per heavy atom. The van der Waals surface area contributed by atoms with Crippen molar-refractivity contribution in [2.45, 2.75) is 26.2 Å². The third-order valence-electron chi connectivity index (χ3n) is 3.79. The molecular formula is C20H17FN2O.